The predicted octanol–water partition coefficient (Wildman–Crippen LogP) is 5.03. The number of hydrogen-bond donors (Lipinski definition) is 0. The number of alkyl halides is 1. The van der Waals surface area contributed by atoms with Gasteiger partial charge in [0, 0.05) is 4.88 Å². The number of aryl methyl sites for hydroxylation is 1. The van der Waals surface area contributed by atoms with E-state index in [0.717, 1.165) is 6.42 Å². The fourth-order valence-corrected chi connectivity index (χ4v) is 2.84. The van der Waals surface area contributed by atoms with E-state index in [-0.39, 0.29) is 5.38 Å². The molecule has 84 valence electrons. The lowest BCUT2D eigenvalue weighted by Crippen LogP contribution is -1.91. The molecule has 1 aromatic heterocycles. The topological polar surface area (TPSA) is 0 Å². The Hall–Kier alpha value is -0.790. The molecular weight excluding hydrogens is 236 g/mol. The van der Waals surface area contributed by atoms with Gasteiger partial charge in [-0.3, -0.25) is 0 Å². The summed E-state index contributed by atoms with van der Waals surface area (Å²) in [5.74, 6) is 0. The second-order valence-corrected chi connectivity index (χ2v) is 5.29. The quantitative estimate of drug-likeness (QED) is 0.668. The number of halogens is 1. The van der Waals surface area contributed by atoms with Crippen LogP contribution in [0, 0.1) is 0 Å². The van der Waals surface area contributed by atoms with Crippen LogP contribution in [0.2, 0.25) is 0 Å². The maximum absolute atomic E-state index is 6.41. The van der Waals surface area contributed by atoms with Crippen molar-refractivity contribution in [1.29, 1.82) is 0 Å². The smallest absolute Gasteiger partial charge is 0.0927 e. The molecule has 2 aromatic rings. The van der Waals surface area contributed by atoms with Gasteiger partial charge >= 0.3 is 0 Å². The molecule has 0 radical (unpaired) electrons. The van der Waals surface area contributed by atoms with Crippen LogP contribution in [0.3, 0.4) is 0 Å². The Kier molecular flexibility index (Phi) is 4.03. The number of benzene rings is 1. The van der Waals surface area contributed by atoms with Crippen LogP contribution in [0.5, 0.6) is 0 Å². The van der Waals surface area contributed by atoms with Gasteiger partial charge in [0.1, 0.15) is 0 Å². The standard InChI is InChI=1S/C14H15ClS/c1-2-4-11-6-8-12(9-7-11)14(15)13-5-3-10-16-13/h3,5-10,14H,2,4H2,1H3. The normalized spacial score (nSPS) is 12.6. The van der Waals surface area contributed by atoms with Crippen LogP contribution in [0.1, 0.15) is 34.7 Å². The van der Waals surface area contributed by atoms with Crippen LogP contribution >= 0.6 is 22.9 Å². The van der Waals surface area contributed by atoms with Crippen LogP contribution in [0.15, 0.2) is 41.8 Å². The number of hydrogen-bond acceptors (Lipinski definition) is 1. The minimum absolute atomic E-state index is 0.00400. The molecule has 1 heterocycles. The summed E-state index contributed by atoms with van der Waals surface area (Å²) in [7, 11) is 0. The van der Waals surface area contributed by atoms with E-state index >= 15 is 0 Å². The molecule has 0 aliphatic heterocycles. The van der Waals surface area contributed by atoms with E-state index in [4.69, 9.17) is 11.6 Å². The van der Waals surface area contributed by atoms with E-state index < -0.39 is 0 Å². The first-order valence-electron chi connectivity index (χ1n) is 5.57. The highest BCUT2D eigenvalue weighted by molar-refractivity contribution is 7.10. The Morgan fingerprint density at radius 1 is 1.19 bits per heavy atom. The van der Waals surface area contributed by atoms with Crippen LogP contribution < -0.4 is 0 Å². The van der Waals surface area contributed by atoms with Gasteiger partial charge in [0.2, 0.25) is 0 Å². The molecule has 0 saturated heterocycles. The molecule has 2 heteroatoms. The lowest BCUT2D eigenvalue weighted by molar-refractivity contribution is 0.920. The zero-order valence-corrected chi connectivity index (χ0v) is 10.9. The minimum Gasteiger partial charge on any atom is -0.147 e. The van der Waals surface area contributed by atoms with Crippen molar-refractivity contribution in [3.05, 3.63) is 57.8 Å². The van der Waals surface area contributed by atoms with Gasteiger partial charge < -0.3 is 0 Å². The molecule has 1 aromatic carbocycles. The van der Waals surface area contributed by atoms with E-state index in [1.165, 1.54) is 22.4 Å². The van der Waals surface area contributed by atoms with Crippen molar-refractivity contribution in [2.75, 3.05) is 0 Å². The van der Waals surface area contributed by atoms with Crippen molar-refractivity contribution < 1.29 is 0 Å². The van der Waals surface area contributed by atoms with E-state index in [0.29, 0.717) is 0 Å². The van der Waals surface area contributed by atoms with Gasteiger partial charge in [-0.2, -0.15) is 0 Å². The zero-order chi connectivity index (χ0) is 11.4. The summed E-state index contributed by atoms with van der Waals surface area (Å²) >= 11 is 8.12. The largest absolute Gasteiger partial charge is 0.147 e. The molecular formula is C14H15ClS. The highest BCUT2D eigenvalue weighted by atomic mass is 35.5. The highest BCUT2D eigenvalue weighted by Gasteiger charge is 2.10. The molecule has 0 amide bonds. The third-order valence-corrected chi connectivity index (χ3v) is 4.16. The molecule has 0 spiro atoms. The summed E-state index contributed by atoms with van der Waals surface area (Å²) in [4.78, 5) is 1.21. The first-order valence-corrected chi connectivity index (χ1v) is 6.89. The molecule has 0 fully saturated rings. The van der Waals surface area contributed by atoms with Crippen LogP contribution in [-0.4, -0.2) is 0 Å². The SMILES string of the molecule is CCCc1ccc(C(Cl)c2cccs2)cc1. The van der Waals surface area contributed by atoms with Crippen molar-refractivity contribution >= 4 is 22.9 Å². The number of thiophene rings is 1. The molecule has 0 aliphatic rings. The van der Waals surface area contributed by atoms with Gasteiger partial charge in [0.15, 0.2) is 0 Å². The number of rotatable bonds is 4. The average Bonchev–Trinajstić information content (AvgIpc) is 2.83. The Morgan fingerprint density at radius 3 is 2.50 bits per heavy atom. The van der Waals surface area contributed by atoms with E-state index in [9.17, 15) is 0 Å². The predicted molar refractivity (Wildman–Crippen MR) is 72.5 cm³/mol. The fourth-order valence-electron chi connectivity index (χ4n) is 1.74. The third-order valence-electron chi connectivity index (χ3n) is 2.60. The second-order valence-electron chi connectivity index (χ2n) is 3.87. The lowest BCUT2D eigenvalue weighted by Gasteiger charge is -2.08. The monoisotopic (exact) mass is 250 g/mol. The Labute approximate surface area is 106 Å². The van der Waals surface area contributed by atoms with Crippen molar-refractivity contribution in [1.82, 2.24) is 0 Å². The Morgan fingerprint density at radius 2 is 1.94 bits per heavy atom. The Balaban J connectivity index is 2.15. The van der Waals surface area contributed by atoms with Gasteiger partial charge in [-0.05, 0) is 29.0 Å². The molecule has 0 bridgehead atoms. The molecule has 0 nitrogen and oxygen atoms in total. The maximum atomic E-state index is 6.41. The first-order chi connectivity index (χ1) is 7.81. The summed E-state index contributed by atoms with van der Waals surface area (Å²) in [6.07, 6.45) is 2.33. The molecule has 1 atom stereocenters. The van der Waals surface area contributed by atoms with Crippen molar-refractivity contribution in [3.8, 4) is 0 Å². The summed E-state index contributed by atoms with van der Waals surface area (Å²) < 4.78 is 0. The van der Waals surface area contributed by atoms with Crippen molar-refractivity contribution in [3.63, 3.8) is 0 Å². The van der Waals surface area contributed by atoms with Gasteiger partial charge in [-0.15, -0.1) is 22.9 Å². The van der Waals surface area contributed by atoms with Crippen LogP contribution in [-0.2, 0) is 6.42 Å². The van der Waals surface area contributed by atoms with Crippen LogP contribution in [0.4, 0.5) is 0 Å². The van der Waals surface area contributed by atoms with E-state index in [2.05, 4.69) is 42.6 Å². The summed E-state index contributed by atoms with van der Waals surface area (Å²) in [6.45, 7) is 2.20. The molecule has 2 rings (SSSR count). The van der Waals surface area contributed by atoms with Gasteiger partial charge in [0.05, 0.1) is 5.38 Å². The molecule has 0 N–H and O–H groups in total. The van der Waals surface area contributed by atoms with Gasteiger partial charge in [0.25, 0.3) is 0 Å². The van der Waals surface area contributed by atoms with Gasteiger partial charge in [-0.1, -0.05) is 43.7 Å². The van der Waals surface area contributed by atoms with Crippen LogP contribution in [0.25, 0.3) is 0 Å². The first kappa shape index (κ1) is 11.7. The lowest BCUT2D eigenvalue weighted by atomic mass is 10.1. The zero-order valence-electron chi connectivity index (χ0n) is 9.32. The third kappa shape index (κ3) is 2.66. The Bertz CT molecular complexity index is 417. The second kappa shape index (κ2) is 5.51. The summed E-state index contributed by atoms with van der Waals surface area (Å²) in [5, 5.41) is 2.06. The molecule has 0 aliphatic carbocycles. The minimum atomic E-state index is -0.00400. The molecule has 0 saturated carbocycles. The van der Waals surface area contributed by atoms with E-state index in [1.807, 2.05) is 6.07 Å². The molecule has 1 unspecified atom stereocenters. The molecule has 16 heavy (non-hydrogen) atoms. The highest BCUT2D eigenvalue weighted by Crippen LogP contribution is 2.31. The van der Waals surface area contributed by atoms with Crippen molar-refractivity contribution in [2.45, 2.75) is 25.1 Å². The fraction of sp³-hybridized carbons (Fsp3) is 0.286. The average molecular weight is 251 g/mol. The maximum Gasteiger partial charge on any atom is 0.0927 e. The summed E-state index contributed by atoms with van der Waals surface area (Å²) in [6, 6.07) is 12.8. The van der Waals surface area contributed by atoms with E-state index in [1.54, 1.807) is 11.3 Å². The summed E-state index contributed by atoms with van der Waals surface area (Å²) in [5.41, 5.74) is 2.57. The van der Waals surface area contributed by atoms with Crippen molar-refractivity contribution in [2.24, 2.45) is 0 Å². The van der Waals surface area contributed by atoms with Gasteiger partial charge in [-0.25, -0.2) is 0 Å².